The summed E-state index contributed by atoms with van der Waals surface area (Å²) < 4.78 is 5.26. The maximum atomic E-state index is 12.8. The van der Waals surface area contributed by atoms with Gasteiger partial charge in [0.25, 0.3) is 0 Å². The highest BCUT2D eigenvalue weighted by Crippen LogP contribution is 2.28. The largest absolute Gasteiger partial charge is 0.497 e. The van der Waals surface area contributed by atoms with Gasteiger partial charge in [-0.1, -0.05) is 42.5 Å². The lowest BCUT2D eigenvalue weighted by Gasteiger charge is -2.47. The lowest BCUT2D eigenvalue weighted by molar-refractivity contribution is -0.130. The van der Waals surface area contributed by atoms with E-state index in [9.17, 15) is 4.79 Å². The number of methoxy groups -OCH3 is 1. The minimum Gasteiger partial charge on any atom is -0.497 e. The molecule has 0 unspecified atom stereocenters. The van der Waals surface area contributed by atoms with Gasteiger partial charge in [0.05, 0.1) is 13.2 Å². The molecule has 3 saturated heterocycles. The maximum absolute atomic E-state index is 12.8. The van der Waals surface area contributed by atoms with Crippen molar-refractivity contribution in [2.45, 2.75) is 44.4 Å². The summed E-state index contributed by atoms with van der Waals surface area (Å²) in [6.07, 6.45) is 2.84. The van der Waals surface area contributed by atoms with Gasteiger partial charge in [0.2, 0.25) is 0 Å². The molecule has 0 spiro atoms. The van der Waals surface area contributed by atoms with Crippen molar-refractivity contribution >= 4 is 5.78 Å². The van der Waals surface area contributed by atoms with E-state index in [2.05, 4.69) is 52.3 Å². The van der Waals surface area contributed by atoms with Crippen LogP contribution in [0, 0.1) is 0 Å². The third kappa shape index (κ3) is 4.23. The highest BCUT2D eigenvalue weighted by molar-refractivity contribution is 5.84. The third-order valence-electron chi connectivity index (χ3n) is 5.92. The first-order valence-corrected chi connectivity index (χ1v) is 9.90. The number of Topliss-reactive ketones (excluding diaryl/α,β-unsaturated/α-hetero) is 1. The molecule has 0 aliphatic carbocycles. The number of fused-ring (bicyclic) bond motifs is 5. The van der Waals surface area contributed by atoms with E-state index in [-0.39, 0.29) is 6.04 Å². The maximum Gasteiger partial charge on any atom is 0.151 e. The van der Waals surface area contributed by atoms with Crippen LogP contribution in [0.25, 0.3) is 0 Å². The number of carbonyl (C=O) groups is 1. The van der Waals surface area contributed by atoms with Gasteiger partial charge in [-0.15, -0.1) is 0 Å². The van der Waals surface area contributed by atoms with Crippen LogP contribution in [0.3, 0.4) is 0 Å². The highest BCUT2D eigenvalue weighted by atomic mass is 16.5. The lowest BCUT2D eigenvalue weighted by atomic mass is 9.91. The number of rotatable bonds is 5. The molecule has 2 bridgehead atoms. The van der Waals surface area contributed by atoms with Crippen LogP contribution in [0.4, 0.5) is 0 Å². The minimum atomic E-state index is 0.00682. The van der Waals surface area contributed by atoms with Crippen molar-refractivity contribution in [3.05, 3.63) is 65.7 Å². The minimum absolute atomic E-state index is 0.00682. The first-order chi connectivity index (χ1) is 13.2. The van der Waals surface area contributed by atoms with Crippen molar-refractivity contribution in [3.8, 4) is 5.75 Å². The Kier molecular flexibility index (Phi) is 5.55. The van der Waals surface area contributed by atoms with Crippen molar-refractivity contribution in [2.75, 3.05) is 20.2 Å². The number of hydrogen-bond acceptors (Lipinski definition) is 4. The second-order valence-corrected chi connectivity index (χ2v) is 7.72. The molecule has 0 amide bonds. The molecule has 0 N–H and O–H groups in total. The quantitative estimate of drug-likeness (QED) is 0.813. The molecule has 3 fully saturated rings. The van der Waals surface area contributed by atoms with Crippen molar-refractivity contribution in [2.24, 2.45) is 0 Å². The molecule has 3 heterocycles. The first-order valence-electron chi connectivity index (χ1n) is 9.90. The molecular formula is C23H28N2O2. The van der Waals surface area contributed by atoms with Gasteiger partial charge in [0.1, 0.15) is 5.75 Å². The Morgan fingerprint density at radius 1 is 0.926 bits per heavy atom. The highest BCUT2D eigenvalue weighted by Gasteiger charge is 2.38. The van der Waals surface area contributed by atoms with E-state index in [1.54, 1.807) is 7.11 Å². The van der Waals surface area contributed by atoms with E-state index in [1.807, 2.05) is 12.1 Å². The Balaban J connectivity index is 1.50. The van der Waals surface area contributed by atoms with Crippen LogP contribution < -0.4 is 4.74 Å². The average molecular weight is 364 g/mol. The normalized spacial score (nSPS) is 23.8. The molecule has 3 aliphatic heterocycles. The summed E-state index contributed by atoms with van der Waals surface area (Å²) in [6.45, 7) is 3.57. The van der Waals surface area contributed by atoms with Crippen LogP contribution in [0.2, 0.25) is 0 Å². The molecule has 0 saturated carbocycles. The van der Waals surface area contributed by atoms with Crippen LogP contribution in [-0.4, -0.2) is 47.9 Å². The molecule has 4 nitrogen and oxygen atoms in total. The fraction of sp³-hybridized carbons (Fsp3) is 0.435. The molecule has 0 aromatic heterocycles. The fourth-order valence-electron chi connectivity index (χ4n) is 4.41. The summed E-state index contributed by atoms with van der Waals surface area (Å²) in [6, 6.07) is 19.4. The average Bonchev–Trinajstić information content (AvgIpc) is 2.69. The number of nitrogens with zero attached hydrogens (tertiary/aromatic N) is 2. The zero-order valence-electron chi connectivity index (χ0n) is 16.0. The molecule has 27 heavy (non-hydrogen) atoms. The Hall–Kier alpha value is -2.17. The van der Waals surface area contributed by atoms with Crippen LogP contribution in [0.5, 0.6) is 5.75 Å². The third-order valence-corrected chi connectivity index (χ3v) is 5.92. The summed E-state index contributed by atoms with van der Waals surface area (Å²) in [7, 11) is 1.69. The number of piperazine rings is 1. The van der Waals surface area contributed by atoms with Crippen molar-refractivity contribution in [1.29, 1.82) is 0 Å². The molecule has 2 aromatic rings. The van der Waals surface area contributed by atoms with Gasteiger partial charge in [-0.05, 0) is 36.1 Å². The molecule has 2 atom stereocenters. The van der Waals surface area contributed by atoms with E-state index in [1.165, 1.54) is 11.1 Å². The molecule has 3 aliphatic rings. The monoisotopic (exact) mass is 364 g/mol. The Morgan fingerprint density at radius 3 is 2.37 bits per heavy atom. The van der Waals surface area contributed by atoms with Gasteiger partial charge in [0, 0.05) is 38.6 Å². The van der Waals surface area contributed by atoms with Gasteiger partial charge in [-0.25, -0.2) is 0 Å². The fourth-order valence-corrected chi connectivity index (χ4v) is 4.41. The summed E-state index contributed by atoms with van der Waals surface area (Å²) in [5.74, 6) is 1.28. The van der Waals surface area contributed by atoms with Crippen LogP contribution in [0.1, 0.15) is 30.4 Å². The lowest BCUT2D eigenvalue weighted by Crippen LogP contribution is -2.61. The van der Waals surface area contributed by atoms with E-state index in [0.717, 1.165) is 51.2 Å². The van der Waals surface area contributed by atoms with Crippen molar-refractivity contribution in [3.63, 3.8) is 0 Å². The zero-order valence-corrected chi connectivity index (χ0v) is 16.0. The van der Waals surface area contributed by atoms with Crippen LogP contribution >= 0.6 is 0 Å². The number of hydrogen-bond donors (Lipinski definition) is 0. The summed E-state index contributed by atoms with van der Waals surface area (Å²) in [5.41, 5.74) is 2.57. The Labute approximate surface area is 161 Å². The van der Waals surface area contributed by atoms with E-state index < -0.39 is 0 Å². The molecule has 142 valence electrons. The molecule has 5 rings (SSSR count). The number of carbonyl (C=O) groups excluding carboxylic acids is 1. The van der Waals surface area contributed by atoms with Gasteiger partial charge < -0.3 is 4.74 Å². The number of ether oxygens (including phenoxy) is 1. The predicted octanol–water partition coefficient (Wildman–Crippen LogP) is 3.50. The van der Waals surface area contributed by atoms with Gasteiger partial charge in [-0.3, -0.25) is 14.6 Å². The predicted molar refractivity (Wildman–Crippen MR) is 107 cm³/mol. The van der Waals surface area contributed by atoms with Crippen LogP contribution in [-0.2, 0) is 17.9 Å². The van der Waals surface area contributed by atoms with Gasteiger partial charge in [0.15, 0.2) is 5.78 Å². The molecule has 4 heteroatoms. The Morgan fingerprint density at radius 2 is 1.63 bits per heavy atom. The molecule has 2 aromatic carbocycles. The van der Waals surface area contributed by atoms with Crippen molar-refractivity contribution < 1.29 is 9.53 Å². The zero-order chi connectivity index (χ0) is 18.6. The van der Waals surface area contributed by atoms with Gasteiger partial charge in [-0.2, -0.15) is 0 Å². The summed E-state index contributed by atoms with van der Waals surface area (Å²) in [4.78, 5) is 17.8. The van der Waals surface area contributed by atoms with Crippen LogP contribution in [0.15, 0.2) is 54.6 Å². The van der Waals surface area contributed by atoms with E-state index in [0.29, 0.717) is 11.8 Å². The standard InChI is InChI=1S/C23H28N2O2/c1-27-21-12-10-19(11-13-21)15-25-16-20-8-5-9-23(26)22(25)17-24(20)14-18-6-3-2-4-7-18/h2-4,6-7,10-13,20,22H,5,8-9,14-17H2,1H3/t20-,22+/m0/s1. The summed E-state index contributed by atoms with van der Waals surface area (Å²) in [5, 5.41) is 0. The van der Waals surface area contributed by atoms with E-state index in [4.69, 9.17) is 4.74 Å². The first kappa shape index (κ1) is 18.2. The summed E-state index contributed by atoms with van der Waals surface area (Å²) >= 11 is 0. The Bertz CT molecular complexity index is 760. The molecular weight excluding hydrogens is 336 g/mol. The second kappa shape index (κ2) is 8.24. The number of benzene rings is 2. The number of ketones is 1. The smallest absolute Gasteiger partial charge is 0.151 e. The van der Waals surface area contributed by atoms with Crippen molar-refractivity contribution in [1.82, 2.24) is 9.80 Å². The SMILES string of the molecule is COc1ccc(CN2C[C@@H]3CCCC(=O)[C@H]2CN3Cc2ccccc2)cc1. The van der Waals surface area contributed by atoms with E-state index >= 15 is 0 Å². The topological polar surface area (TPSA) is 32.8 Å². The van der Waals surface area contributed by atoms with Gasteiger partial charge >= 0.3 is 0 Å². The molecule has 0 radical (unpaired) electrons. The second-order valence-electron chi connectivity index (χ2n) is 7.72.